The summed E-state index contributed by atoms with van der Waals surface area (Å²) in [7, 11) is 0. The molecule has 3 aromatic rings. The maximum atomic E-state index is 4.61. The standard InChI is InChI=1S/C21H22N4/c1-17(18-9-4-2-5-10-18)23-14-8-13-22-15-20-16-24-21(25-20)19-11-6-3-7-12-19/h2-7,9-12,15-16H,8,13-14H2,1H3,(H,24,25). The van der Waals surface area contributed by atoms with Crippen molar-refractivity contribution in [2.75, 3.05) is 13.1 Å². The molecule has 0 radical (unpaired) electrons. The van der Waals surface area contributed by atoms with Gasteiger partial charge in [0.2, 0.25) is 0 Å². The molecule has 1 aromatic heterocycles. The Hall–Kier alpha value is -3.01. The van der Waals surface area contributed by atoms with Gasteiger partial charge in [-0.1, -0.05) is 60.7 Å². The number of hydrogen-bond donors (Lipinski definition) is 1. The molecule has 4 heteroatoms. The van der Waals surface area contributed by atoms with Crippen LogP contribution in [0.15, 0.2) is 76.8 Å². The fourth-order valence-corrected chi connectivity index (χ4v) is 2.49. The number of aromatic amines is 1. The first kappa shape index (κ1) is 16.8. The zero-order valence-electron chi connectivity index (χ0n) is 14.4. The van der Waals surface area contributed by atoms with E-state index in [2.05, 4.69) is 32.1 Å². The smallest absolute Gasteiger partial charge is 0.137 e. The molecule has 0 aliphatic heterocycles. The molecular weight excluding hydrogens is 308 g/mol. The normalized spacial score (nSPS) is 12.0. The highest BCUT2D eigenvalue weighted by Crippen LogP contribution is 2.13. The second-order valence-corrected chi connectivity index (χ2v) is 5.78. The first-order valence-corrected chi connectivity index (χ1v) is 8.49. The number of aliphatic imine (C=N–C) groups is 2. The lowest BCUT2D eigenvalue weighted by molar-refractivity contribution is 0.847. The summed E-state index contributed by atoms with van der Waals surface area (Å²) in [6.45, 7) is 3.59. The van der Waals surface area contributed by atoms with Gasteiger partial charge in [-0.05, 0) is 18.9 Å². The van der Waals surface area contributed by atoms with Gasteiger partial charge < -0.3 is 4.98 Å². The maximum absolute atomic E-state index is 4.61. The van der Waals surface area contributed by atoms with Gasteiger partial charge >= 0.3 is 0 Å². The third-order valence-electron chi connectivity index (χ3n) is 3.86. The molecule has 0 fully saturated rings. The summed E-state index contributed by atoms with van der Waals surface area (Å²) in [6.07, 6.45) is 4.58. The lowest BCUT2D eigenvalue weighted by Crippen LogP contribution is -1.97. The zero-order valence-corrected chi connectivity index (χ0v) is 14.4. The van der Waals surface area contributed by atoms with Gasteiger partial charge in [0.15, 0.2) is 0 Å². The van der Waals surface area contributed by atoms with Gasteiger partial charge in [-0.25, -0.2) is 4.98 Å². The van der Waals surface area contributed by atoms with Crippen LogP contribution in [0, 0.1) is 0 Å². The summed E-state index contributed by atoms with van der Waals surface area (Å²) in [5.74, 6) is 0.866. The molecule has 2 aromatic carbocycles. The zero-order chi connectivity index (χ0) is 17.3. The Balaban J connectivity index is 1.46. The monoisotopic (exact) mass is 330 g/mol. The molecule has 4 nitrogen and oxygen atoms in total. The molecule has 0 saturated heterocycles. The molecule has 0 aliphatic rings. The van der Waals surface area contributed by atoms with Crippen LogP contribution in [0.3, 0.4) is 0 Å². The fourth-order valence-electron chi connectivity index (χ4n) is 2.49. The Morgan fingerprint density at radius 3 is 2.48 bits per heavy atom. The molecule has 0 amide bonds. The predicted molar refractivity (Wildman–Crippen MR) is 105 cm³/mol. The van der Waals surface area contributed by atoms with E-state index in [0.717, 1.165) is 42.3 Å². The minimum absolute atomic E-state index is 0.755. The Morgan fingerprint density at radius 2 is 1.72 bits per heavy atom. The quantitative estimate of drug-likeness (QED) is 0.507. The topological polar surface area (TPSA) is 53.4 Å². The van der Waals surface area contributed by atoms with E-state index in [0.29, 0.717) is 0 Å². The first-order valence-electron chi connectivity index (χ1n) is 8.49. The fraction of sp³-hybridized carbons (Fsp3) is 0.190. The van der Waals surface area contributed by atoms with E-state index in [1.807, 2.05) is 67.9 Å². The average molecular weight is 330 g/mol. The second-order valence-electron chi connectivity index (χ2n) is 5.78. The molecule has 0 atom stereocenters. The molecule has 0 aliphatic carbocycles. The van der Waals surface area contributed by atoms with Crippen LogP contribution in [-0.4, -0.2) is 35.0 Å². The molecule has 25 heavy (non-hydrogen) atoms. The van der Waals surface area contributed by atoms with Gasteiger partial charge in [-0.3, -0.25) is 9.98 Å². The lowest BCUT2D eigenvalue weighted by atomic mass is 10.1. The number of H-pyrrole nitrogens is 1. The Morgan fingerprint density at radius 1 is 1.00 bits per heavy atom. The lowest BCUT2D eigenvalue weighted by Gasteiger charge is -2.00. The van der Waals surface area contributed by atoms with Crippen molar-refractivity contribution >= 4 is 11.9 Å². The molecule has 0 spiro atoms. The molecule has 0 bridgehead atoms. The summed E-state index contributed by atoms with van der Waals surface area (Å²) < 4.78 is 0. The van der Waals surface area contributed by atoms with Crippen molar-refractivity contribution in [2.45, 2.75) is 13.3 Å². The maximum Gasteiger partial charge on any atom is 0.137 e. The van der Waals surface area contributed by atoms with Crippen molar-refractivity contribution in [3.05, 3.63) is 78.1 Å². The van der Waals surface area contributed by atoms with E-state index in [4.69, 9.17) is 0 Å². The number of benzene rings is 2. The van der Waals surface area contributed by atoms with Crippen molar-refractivity contribution < 1.29 is 0 Å². The summed E-state index contributed by atoms with van der Waals surface area (Å²) in [6, 6.07) is 20.3. The van der Waals surface area contributed by atoms with E-state index < -0.39 is 0 Å². The Kier molecular flexibility index (Phi) is 5.88. The van der Waals surface area contributed by atoms with Crippen molar-refractivity contribution in [2.24, 2.45) is 9.98 Å². The molecule has 1 N–H and O–H groups in total. The highest BCUT2D eigenvalue weighted by Gasteiger charge is 2.00. The van der Waals surface area contributed by atoms with Crippen LogP contribution < -0.4 is 0 Å². The summed E-state index contributed by atoms with van der Waals surface area (Å²) in [4.78, 5) is 16.7. The van der Waals surface area contributed by atoms with Crippen LogP contribution in [0.4, 0.5) is 0 Å². The molecule has 0 unspecified atom stereocenters. The number of rotatable bonds is 7. The molecule has 0 saturated carbocycles. The molecule has 3 rings (SSSR count). The Bertz CT molecular complexity index is 833. The van der Waals surface area contributed by atoms with Crippen molar-refractivity contribution in [1.29, 1.82) is 0 Å². The van der Waals surface area contributed by atoms with Gasteiger partial charge in [-0.2, -0.15) is 0 Å². The average Bonchev–Trinajstić information content (AvgIpc) is 3.15. The van der Waals surface area contributed by atoms with Gasteiger partial charge in [-0.15, -0.1) is 0 Å². The van der Waals surface area contributed by atoms with E-state index in [1.165, 1.54) is 5.56 Å². The number of nitrogens with zero attached hydrogens (tertiary/aromatic N) is 3. The SMILES string of the molecule is CC(=NCCCN=Cc1cnc(-c2ccccc2)[nH]1)c1ccccc1. The van der Waals surface area contributed by atoms with Gasteiger partial charge in [0.05, 0.1) is 11.9 Å². The van der Waals surface area contributed by atoms with Crippen LogP contribution in [-0.2, 0) is 0 Å². The van der Waals surface area contributed by atoms with Crippen LogP contribution in [0.25, 0.3) is 11.4 Å². The second kappa shape index (κ2) is 8.73. The predicted octanol–water partition coefficient (Wildman–Crippen LogP) is 4.39. The summed E-state index contributed by atoms with van der Waals surface area (Å²) >= 11 is 0. The third kappa shape index (κ3) is 4.98. The largest absolute Gasteiger partial charge is 0.337 e. The summed E-state index contributed by atoms with van der Waals surface area (Å²) in [5, 5.41) is 0. The van der Waals surface area contributed by atoms with Crippen molar-refractivity contribution in [1.82, 2.24) is 9.97 Å². The van der Waals surface area contributed by atoms with E-state index >= 15 is 0 Å². The van der Waals surface area contributed by atoms with Crippen LogP contribution in [0.1, 0.15) is 24.6 Å². The highest BCUT2D eigenvalue weighted by molar-refractivity contribution is 5.98. The van der Waals surface area contributed by atoms with Crippen molar-refractivity contribution in [3.63, 3.8) is 0 Å². The van der Waals surface area contributed by atoms with E-state index in [-0.39, 0.29) is 0 Å². The molecular formula is C21H22N4. The van der Waals surface area contributed by atoms with Crippen molar-refractivity contribution in [3.8, 4) is 11.4 Å². The number of aromatic nitrogens is 2. The van der Waals surface area contributed by atoms with Gasteiger partial charge in [0, 0.05) is 30.6 Å². The van der Waals surface area contributed by atoms with E-state index in [9.17, 15) is 0 Å². The first-order chi connectivity index (χ1) is 12.3. The van der Waals surface area contributed by atoms with Crippen LogP contribution >= 0.6 is 0 Å². The number of hydrogen-bond acceptors (Lipinski definition) is 3. The van der Waals surface area contributed by atoms with Crippen LogP contribution in [0.5, 0.6) is 0 Å². The highest BCUT2D eigenvalue weighted by atomic mass is 14.9. The van der Waals surface area contributed by atoms with Gasteiger partial charge in [0.25, 0.3) is 0 Å². The molecule has 126 valence electrons. The Labute approximate surface area is 148 Å². The van der Waals surface area contributed by atoms with Gasteiger partial charge in [0.1, 0.15) is 5.82 Å². The third-order valence-corrected chi connectivity index (χ3v) is 3.86. The minimum atomic E-state index is 0.755. The van der Waals surface area contributed by atoms with Crippen LogP contribution in [0.2, 0.25) is 0 Å². The van der Waals surface area contributed by atoms with E-state index in [1.54, 1.807) is 0 Å². The minimum Gasteiger partial charge on any atom is -0.337 e. The number of nitrogens with one attached hydrogen (secondary N) is 1. The summed E-state index contributed by atoms with van der Waals surface area (Å²) in [5.41, 5.74) is 4.25. The molecule has 1 heterocycles. The number of imidazole rings is 1.